The van der Waals surface area contributed by atoms with E-state index in [-0.39, 0.29) is 6.03 Å². The van der Waals surface area contributed by atoms with Gasteiger partial charge in [-0.05, 0) is 31.4 Å². The van der Waals surface area contributed by atoms with Gasteiger partial charge in [0.1, 0.15) is 0 Å². The van der Waals surface area contributed by atoms with Crippen LogP contribution < -0.4 is 5.32 Å². The molecule has 1 aliphatic heterocycles. The summed E-state index contributed by atoms with van der Waals surface area (Å²) < 4.78 is 0. The third-order valence-electron chi connectivity index (χ3n) is 3.24. The second kappa shape index (κ2) is 6.22. The zero-order valence-electron chi connectivity index (χ0n) is 11.1. The van der Waals surface area contributed by atoms with Gasteiger partial charge in [-0.15, -0.1) is 0 Å². The van der Waals surface area contributed by atoms with Crippen molar-refractivity contribution in [2.75, 3.05) is 25.5 Å². The molecule has 0 saturated carbocycles. The molecule has 0 bridgehead atoms. The maximum Gasteiger partial charge on any atom is 0.329 e. The number of nitrogens with one attached hydrogen (secondary N) is 1. The molecule has 1 aliphatic rings. The van der Waals surface area contributed by atoms with Crippen LogP contribution in [0.1, 0.15) is 19.3 Å². The lowest BCUT2D eigenvalue weighted by atomic mass is 10.1. The molecule has 1 N–H and O–H groups in total. The highest BCUT2D eigenvalue weighted by Gasteiger charge is 2.24. The molecule has 0 unspecified atom stereocenters. The quantitative estimate of drug-likeness (QED) is 0.845. The Morgan fingerprint density at radius 2 is 1.74 bits per heavy atom. The fraction of sp³-hybridized carbons (Fsp3) is 0.429. The van der Waals surface area contributed by atoms with E-state index in [1.807, 2.05) is 18.2 Å². The molecule has 0 atom stereocenters. The van der Waals surface area contributed by atoms with Crippen LogP contribution in [0.2, 0.25) is 0 Å². The molecule has 0 spiro atoms. The number of piperidine rings is 1. The minimum Gasteiger partial charge on any atom is -0.324 e. The van der Waals surface area contributed by atoms with E-state index in [4.69, 9.17) is 0 Å². The Hall–Kier alpha value is -2.04. The molecule has 1 fully saturated rings. The van der Waals surface area contributed by atoms with Crippen molar-refractivity contribution < 1.29 is 9.59 Å². The van der Waals surface area contributed by atoms with Gasteiger partial charge in [0.15, 0.2) is 0 Å². The second-order valence-corrected chi connectivity index (χ2v) is 4.69. The highest BCUT2D eigenvalue weighted by atomic mass is 16.2. The van der Waals surface area contributed by atoms with Crippen LogP contribution in [0.4, 0.5) is 15.3 Å². The summed E-state index contributed by atoms with van der Waals surface area (Å²) in [4.78, 5) is 27.0. The van der Waals surface area contributed by atoms with Gasteiger partial charge in [0.2, 0.25) is 0 Å². The summed E-state index contributed by atoms with van der Waals surface area (Å²) in [5.74, 6) is 0. The Morgan fingerprint density at radius 3 is 2.37 bits per heavy atom. The van der Waals surface area contributed by atoms with Gasteiger partial charge in [-0.1, -0.05) is 18.2 Å². The lowest BCUT2D eigenvalue weighted by molar-refractivity contribution is 0.157. The topological polar surface area (TPSA) is 52.7 Å². The number of rotatable bonds is 1. The van der Waals surface area contributed by atoms with Gasteiger partial charge in [-0.25, -0.2) is 14.5 Å². The van der Waals surface area contributed by atoms with Crippen LogP contribution in [-0.4, -0.2) is 42.0 Å². The molecule has 5 heteroatoms. The Balaban J connectivity index is 1.93. The number of amides is 4. The van der Waals surface area contributed by atoms with Crippen molar-refractivity contribution in [3.05, 3.63) is 30.3 Å². The normalized spacial score (nSPS) is 14.9. The highest BCUT2D eigenvalue weighted by Crippen LogP contribution is 2.12. The van der Waals surface area contributed by atoms with Crippen LogP contribution in [0, 0.1) is 0 Å². The molecule has 0 aromatic heterocycles. The summed E-state index contributed by atoms with van der Waals surface area (Å²) in [5.41, 5.74) is 0.686. The first-order valence-corrected chi connectivity index (χ1v) is 6.57. The van der Waals surface area contributed by atoms with Crippen molar-refractivity contribution in [3.63, 3.8) is 0 Å². The molecule has 0 radical (unpaired) electrons. The lowest BCUT2D eigenvalue weighted by Crippen LogP contribution is -2.47. The minimum atomic E-state index is -0.401. The molecular formula is C14H19N3O2. The van der Waals surface area contributed by atoms with Crippen molar-refractivity contribution in [3.8, 4) is 0 Å². The zero-order chi connectivity index (χ0) is 13.7. The summed E-state index contributed by atoms with van der Waals surface area (Å²) in [6, 6.07) is 8.49. The van der Waals surface area contributed by atoms with E-state index in [1.54, 1.807) is 17.0 Å². The molecule has 1 saturated heterocycles. The molecule has 1 aromatic carbocycles. The highest BCUT2D eigenvalue weighted by molar-refractivity contribution is 6.00. The average molecular weight is 261 g/mol. The van der Waals surface area contributed by atoms with Gasteiger partial charge in [-0.3, -0.25) is 0 Å². The van der Waals surface area contributed by atoms with E-state index in [2.05, 4.69) is 5.32 Å². The van der Waals surface area contributed by atoms with Gasteiger partial charge >= 0.3 is 12.1 Å². The van der Waals surface area contributed by atoms with Gasteiger partial charge in [-0.2, -0.15) is 0 Å². The first-order chi connectivity index (χ1) is 9.18. The molecule has 0 aliphatic carbocycles. The third kappa shape index (κ3) is 3.47. The maximum absolute atomic E-state index is 12.1. The number of anilines is 1. The first kappa shape index (κ1) is 13.4. The molecule has 2 rings (SSSR count). The standard InChI is InChI=1S/C14H19N3O2/c1-16(14(19)17-10-6-3-7-11-17)13(18)15-12-8-4-2-5-9-12/h2,4-5,8-9H,3,6-7,10-11H2,1H3,(H,15,18). The third-order valence-corrected chi connectivity index (χ3v) is 3.24. The van der Waals surface area contributed by atoms with Crippen LogP contribution >= 0.6 is 0 Å². The molecule has 5 nitrogen and oxygen atoms in total. The van der Waals surface area contributed by atoms with Gasteiger partial charge in [0.05, 0.1) is 0 Å². The number of likely N-dealkylation sites (tertiary alicyclic amines) is 1. The number of para-hydroxylation sites is 1. The Morgan fingerprint density at radius 1 is 1.11 bits per heavy atom. The van der Waals surface area contributed by atoms with Crippen LogP contribution in [0.3, 0.4) is 0 Å². The number of hydrogen-bond acceptors (Lipinski definition) is 2. The number of hydrogen-bond donors (Lipinski definition) is 1. The van der Waals surface area contributed by atoms with Crippen molar-refractivity contribution in [1.29, 1.82) is 0 Å². The van der Waals surface area contributed by atoms with Gasteiger partial charge < -0.3 is 10.2 Å². The fourth-order valence-electron chi connectivity index (χ4n) is 2.11. The van der Waals surface area contributed by atoms with Crippen LogP contribution in [0.5, 0.6) is 0 Å². The molecule has 19 heavy (non-hydrogen) atoms. The average Bonchev–Trinajstić information content (AvgIpc) is 2.47. The largest absolute Gasteiger partial charge is 0.329 e. The number of urea groups is 2. The molecule has 102 valence electrons. The number of carbonyl (C=O) groups is 2. The SMILES string of the molecule is CN(C(=O)Nc1ccccc1)C(=O)N1CCCCC1. The van der Waals surface area contributed by atoms with Gasteiger partial charge in [0, 0.05) is 25.8 Å². The molecule has 1 heterocycles. The summed E-state index contributed by atoms with van der Waals surface area (Å²) in [6.07, 6.45) is 3.18. The number of benzene rings is 1. The van der Waals surface area contributed by atoms with E-state index in [0.29, 0.717) is 5.69 Å². The predicted octanol–water partition coefficient (Wildman–Crippen LogP) is 2.76. The van der Waals surface area contributed by atoms with Crippen molar-refractivity contribution in [1.82, 2.24) is 9.80 Å². The van der Waals surface area contributed by atoms with Crippen molar-refractivity contribution in [2.45, 2.75) is 19.3 Å². The lowest BCUT2D eigenvalue weighted by Gasteiger charge is -2.30. The fourth-order valence-corrected chi connectivity index (χ4v) is 2.11. The number of imide groups is 1. The second-order valence-electron chi connectivity index (χ2n) is 4.69. The van der Waals surface area contributed by atoms with Crippen molar-refractivity contribution >= 4 is 17.7 Å². The summed E-state index contributed by atoms with van der Waals surface area (Å²) in [7, 11) is 1.51. The van der Waals surface area contributed by atoms with E-state index < -0.39 is 6.03 Å². The predicted molar refractivity (Wildman–Crippen MR) is 74.0 cm³/mol. The molecule has 4 amide bonds. The summed E-state index contributed by atoms with van der Waals surface area (Å²) >= 11 is 0. The van der Waals surface area contributed by atoms with Crippen LogP contribution in [-0.2, 0) is 0 Å². The van der Waals surface area contributed by atoms with E-state index >= 15 is 0 Å². The smallest absolute Gasteiger partial charge is 0.324 e. The zero-order valence-corrected chi connectivity index (χ0v) is 11.1. The van der Waals surface area contributed by atoms with Gasteiger partial charge in [0.25, 0.3) is 0 Å². The van der Waals surface area contributed by atoms with Crippen LogP contribution in [0.15, 0.2) is 30.3 Å². The van der Waals surface area contributed by atoms with Crippen molar-refractivity contribution in [2.24, 2.45) is 0 Å². The minimum absolute atomic E-state index is 0.229. The Kier molecular flexibility index (Phi) is 4.39. The summed E-state index contributed by atoms with van der Waals surface area (Å²) in [5, 5.41) is 2.70. The van der Waals surface area contributed by atoms with E-state index in [0.717, 1.165) is 37.3 Å². The Bertz CT molecular complexity index is 441. The van der Waals surface area contributed by atoms with Crippen LogP contribution in [0.25, 0.3) is 0 Å². The Labute approximate surface area is 113 Å². The van der Waals surface area contributed by atoms with E-state index in [1.165, 1.54) is 7.05 Å². The molecular weight excluding hydrogens is 242 g/mol. The molecule has 1 aromatic rings. The maximum atomic E-state index is 12.1. The first-order valence-electron chi connectivity index (χ1n) is 6.57. The van der Waals surface area contributed by atoms with E-state index in [9.17, 15) is 9.59 Å². The monoisotopic (exact) mass is 261 g/mol. The summed E-state index contributed by atoms with van der Waals surface area (Å²) in [6.45, 7) is 1.48. The number of nitrogens with zero attached hydrogens (tertiary/aromatic N) is 2. The number of carbonyl (C=O) groups excluding carboxylic acids is 2.